The lowest BCUT2D eigenvalue weighted by molar-refractivity contribution is 0.102. The molecule has 0 aliphatic carbocycles. The highest BCUT2D eigenvalue weighted by Crippen LogP contribution is 2.26. The standard InChI is InChI=1S/C13H9Cl3N2O/c14-7-1-3-9(10(15)5-7)13(19)18-12-4-2-8(17)6-11(12)16/h1-6H,17H2,(H,18,19). The first kappa shape index (κ1) is 14.0. The Balaban J connectivity index is 2.25. The first-order valence-electron chi connectivity index (χ1n) is 5.29. The Morgan fingerprint density at radius 3 is 2.37 bits per heavy atom. The molecule has 0 saturated carbocycles. The quantitative estimate of drug-likeness (QED) is 0.803. The van der Waals surface area contributed by atoms with E-state index in [1.54, 1.807) is 30.3 Å². The summed E-state index contributed by atoms with van der Waals surface area (Å²) in [4.78, 5) is 12.1. The smallest absolute Gasteiger partial charge is 0.257 e. The Morgan fingerprint density at radius 2 is 1.74 bits per heavy atom. The minimum atomic E-state index is -0.367. The Hall–Kier alpha value is -1.42. The van der Waals surface area contributed by atoms with Gasteiger partial charge in [0.2, 0.25) is 0 Å². The molecule has 3 nitrogen and oxygen atoms in total. The van der Waals surface area contributed by atoms with Crippen LogP contribution in [0.5, 0.6) is 0 Å². The van der Waals surface area contributed by atoms with Gasteiger partial charge >= 0.3 is 0 Å². The van der Waals surface area contributed by atoms with Crippen LogP contribution in [-0.2, 0) is 0 Å². The molecule has 1 amide bonds. The molecule has 0 saturated heterocycles. The van der Waals surface area contributed by atoms with Crippen LogP contribution in [0, 0.1) is 0 Å². The van der Waals surface area contributed by atoms with Gasteiger partial charge in [-0.3, -0.25) is 4.79 Å². The van der Waals surface area contributed by atoms with Crippen molar-refractivity contribution in [3.05, 3.63) is 57.0 Å². The summed E-state index contributed by atoms with van der Waals surface area (Å²) in [7, 11) is 0. The molecule has 0 aromatic heterocycles. The van der Waals surface area contributed by atoms with E-state index in [9.17, 15) is 4.79 Å². The van der Waals surface area contributed by atoms with E-state index in [0.29, 0.717) is 27.0 Å². The average Bonchev–Trinajstić information content (AvgIpc) is 2.32. The van der Waals surface area contributed by atoms with E-state index in [-0.39, 0.29) is 10.9 Å². The number of nitrogens with two attached hydrogens (primary N) is 1. The summed E-state index contributed by atoms with van der Waals surface area (Å²) in [5.74, 6) is -0.367. The second-order valence-corrected chi connectivity index (χ2v) is 5.07. The number of rotatable bonds is 2. The molecule has 2 aromatic carbocycles. The third-order valence-corrected chi connectivity index (χ3v) is 3.28. The SMILES string of the molecule is Nc1ccc(NC(=O)c2ccc(Cl)cc2Cl)c(Cl)c1. The molecule has 19 heavy (non-hydrogen) atoms. The van der Waals surface area contributed by atoms with Crippen molar-refractivity contribution in [2.75, 3.05) is 11.1 Å². The Bertz CT molecular complexity index is 644. The Labute approximate surface area is 125 Å². The predicted octanol–water partition coefficient (Wildman–Crippen LogP) is 4.48. The summed E-state index contributed by atoms with van der Waals surface area (Å²) >= 11 is 17.7. The molecule has 0 aliphatic heterocycles. The van der Waals surface area contributed by atoms with E-state index in [2.05, 4.69) is 5.32 Å². The molecule has 0 heterocycles. The Morgan fingerprint density at radius 1 is 1.00 bits per heavy atom. The molecule has 2 aromatic rings. The van der Waals surface area contributed by atoms with Crippen LogP contribution in [0.2, 0.25) is 15.1 Å². The molecular formula is C13H9Cl3N2O. The first-order valence-corrected chi connectivity index (χ1v) is 6.42. The van der Waals surface area contributed by atoms with Crippen molar-refractivity contribution in [3.8, 4) is 0 Å². The number of nitrogens with one attached hydrogen (secondary N) is 1. The molecule has 2 rings (SSSR count). The molecule has 0 radical (unpaired) electrons. The molecule has 0 aliphatic rings. The predicted molar refractivity (Wildman–Crippen MR) is 80.3 cm³/mol. The number of hydrogen-bond acceptors (Lipinski definition) is 2. The van der Waals surface area contributed by atoms with Gasteiger partial charge in [0, 0.05) is 10.7 Å². The zero-order valence-electron chi connectivity index (χ0n) is 9.58. The fraction of sp³-hybridized carbons (Fsp3) is 0. The highest BCUT2D eigenvalue weighted by Gasteiger charge is 2.12. The van der Waals surface area contributed by atoms with Gasteiger partial charge in [0.05, 0.1) is 21.3 Å². The van der Waals surface area contributed by atoms with Gasteiger partial charge in [-0.15, -0.1) is 0 Å². The summed E-state index contributed by atoms with van der Waals surface area (Å²) in [6, 6.07) is 9.46. The lowest BCUT2D eigenvalue weighted by atomic mass is 10.2. The average molecular weight is 316 g/mol. The number of benzene rings is 2. The van der Waals surface area contributed by atoms with Gasteiger partial charge in [-0.2, -0.15) is 0 Å². The van der Waals surface area contributed by atoms with Crippen molar-refractivity contribution in [2.24, 2.45) is 0 Å². The van der Waals surface area contributed by atoms with Crippen molar-refractivity contribution < 1.29 is 4.79 Å². The van der Waals surface area contributed by atoms with Crippen molar-refractivity contribution >= 4 is 52.1 Å². The van der Waals surface area contributed by atoms with Crippen LogP contribution in [-0.4, -0.2) is 5.91 Å². The molecule has 0 unspecified atom stereocenters. The zero-order chi connectivity index (χ0) is 14.0. The molecule has 0 spiro atoms. The van der Waals surface area contributed by atoms with E-state index in [4.69, 9.17) is 40.5 Å². The second-order valence-electron chi connectivity index (χ2n) is 3.82. The maximum atomic E-state index is 12.1. The van der Waals surface area contributed by atoms with Crippen LogP contribution in [0.4, 0.5) is 11.4 Å². The second kappa shape index (κ2) is 5.70. The van der Waals surface area contributed by atoms with Gasteiger partial charge in [-0.05, 0) is 36.4 Å². The third kappa shape index (κ3) is 3.32. The monoisotopic (exact) mass is 314 g/mol. The van der Waals surface area contributed by atoms with Gasteiger partial charge in [0.25, 0.3) is 5.91 Å². The Kier molecular flexibility index (Phi) is 4.20. The topological polar surface area (TPSA) is 55.1 Å². The lowest BCUT2D eigenvalue weighted by Crippen LogP contribution is -2.12. The molecular weight excluding hydrogens is 307 g/mol. The van der Waals surface area contributed by atoms with Gasteiger partial charge in [-0.1, -0.05) is 34.8 Å². The zero-order valence-corrected chi connectivity index (χ0v) is 11.9. The summed E-state index contributed by atoms with van der Waals surface area (Å²) in [5.41, 5.74) is 6.88. The van der Waals surface area contributed by atoms with Crippen LogP contribution >= 0.6 is 34.8 Å². The normalized spacial score (nSPS) is 10.3. The fourth-order valence-corrected chi connectivity index (χ4v) is 2.23. The van der Waals surface area contributed by atoms with Crippen molar-refractivity contribution in [1.29, 1.82) is 0 Å². The van der Waals surface area contributed by atoms with Gasteiger partial charge in [0.1, 0.15) is 0 Å². The van der Waals surface area contributed by atoms with E-state index in [0.717, 1.165) is 0 Å². The maximum Gasteiger partial charge on any atom is 0.257 e. The number of carbonyl (C=O) groups excluding carboxylic acids is 1. The first-order chi connectivity index (χ1) is 8.97. The summed E-state index contributed by atoms with van der Waals surface area (Å²) in [5, 5.41) is 3.76. The van der Waals surface area contributed by atoms with Crippen molar-refractivity contribution in [1.82, 2.24) is 0 Å². The van der Waals surface area contributed by atoms with E-state index in [1.165, 1.54) is 6.07 Å². The van der Waals surface area contributed by atoms with Gasteiger partial charge in [-0.25, -0.2) is 0 Å². The highest BCUT2D eigenvalue weighted by atomic mass is 35.5. The summed E-state index contributed by atoms with van der Waals surface area (Å²) in [6.07, 6.45) is 0. The number of carbonyl (C=O) groups is 1. The van der Waals surface area contributed by atoms with E-state index in [1.807, 2.05) is 0 Å². The maximum absolute atomic E-state index is 12.1. The van der Waals surface area contributed by atoms with Crippen molar-refractivity contribution in [2.45, 2.75) is 0 Å². The summed E-state index contributed by atoms with van der Waals surface area (Å²) < 4.78 is 0. The minimum absolute atomic E-state index is 0.275. The number of anilines is 2. The highest BCUT2D eigenvalue weighted by molar-refractivity contribution is 6.37. The van der Waals surface area contributed by atoms with E-state index >= 15 is 0 Å². The fourth-order valence-electron chi connectivity index (χ4n) is 1.50. The minimum Gasteiger partial charge on any atom is -0.399 e. The van der Waals surface area contributed by atoms with Crippen LogP contribution in [0.3, 0.4) is 0 Å². The molecule has 3 N–H and O–H groups in total. The van der Waals surface area contributed by atoms with E-state index < -0.39 is 0 Å². The van der Waals surface area contributed by atoms with Crippen LogP contribution in [0.15, 0.2) is 36.4 Å². The van der Waals surface area contributed by atoms with Gasteiger partial charge < -0.3 is 11.1 Å². The lowest BCUT2D eigenvalue weighted by Gasteiger charge is -2.09. The van der Waals surface area contributed by atoms with Crippen LogP contribution < -0.4 is 11.1 Å². The van der Waals surface area contributed by atoms with Crippen molar-refractivity contribution in [3.63, 3.8) is 0 Å². The number of halogens is 3. The molecule has 0 bridgehead atoms. The van der Waals surface area contributed by atoms with Crippen LogP contribution in [0.25, 0.3) is 0 Å². The third-order valence-electron chi connectivity index (χ3n) is 2.42. The molecule has 0 atom stereocenters. The number of amides is 1. The number of nitrogen functional groups attached to an aromatic ring is 1. The molecule has 6 heteroatoms. The largest absolute Gasteiger partial charge is 0.399 e. The van der Waals surface area contributed by atoms with Gasteiger partial charge in [0.15, 0.2) is 0 Å². The number of hydrogen-bond donors (Lipinski definition) is 2. The summed E-state index contributed by atoms with van der Waals surface area (Å²) in [6.45, 7) is 0. The molecule has 98 valence electrons. The van der Waals surface area contributed by atoms with Crippen LogP contribution in [0.1, 0.15) is 10.4 Å². The molecule has 0 fully saturated rings.